The number of rotatable bonds is 4. The summed E-state index contributed by atoms with van der Waals surface area (Å²) in [6.07, 6.45) is 2.14. The molecule has 1 saturated heterocycles. The molecule has 3 N–H and O–H groups in total. The highest BCUT2D eigenvalue weighted by atomic mass is 16.2. The molecule has 3 aromatic rings. The number of carbonyl (C=O) groups is 1. The first-order valence-electron chi connectivity index (χ1n) is 9.02. The number of hydrogen-bond donors (Lipinski definition) is 2. The Kier molecular flexibility index (Phi) is 4.49. The van der Waals surface area contributed by atoms with Gasteiger partial charge in [-0.05, 0) is 5.56 Å². The summed E-state index contributed by atoms with van der Waals surface area (Å²) in [5.41, 5.74) is 7.72. The molecule has 140 valence electrons. The number of fused-ring (bicyclic) bond motifs is 1. The number of hydrogen-bond acceptors (Lipinski definition) is 5. The Labute approximate surface area is 156 Å². The number of amides is 1. The van der Waals surface area contributed by atoms with Crippen LogP contribution in [0.1, 0.15) is 23.7 Å². The standard InChI is InChI=1S/C19H22N6O2/c1-24-18-13(9-21-24)19(27)23-16(22-18)7-8-17(26)25-10-14(15(20)11-25)12-5-3-2-4-6-12/h2-6,9,14-15H,7-8,10-11,20H2,1H3,(H,22,23,27)/t14-,15+/m0/s1. The lowest BCUT2D eigenvalue weighted by Crippen LogP contribution is -2.32. The summed E-state index contributed by atoms with van der Waals surface area (Å²) < 4.78 is 1.56. The van der Waals surface area contributed by atoms with Crippen LogP contribution in [0.15, 0.2) is 41.3 Å². The molecule has 0 spiro atoms. The first-order chi connectivity index (χ1) is 13.0. The second-order valence-corrected chi connectivity index (χ2v) is 7.00. The predicted octanol–water partition coefficient (Wildman–Crippen LogP) is 0.543. The summed E-state index contributed by atoms with van der Waals surface area (Å²) in [5.74, 6) is 0.670. The number of H-pyrrole nitrogens is 1. The van der Waals surface area contributed by atoms with Gasteiger partial charge in [0.1, 0.15) is 11.2 Å². The third-order valence-electron chi connectivity index (χ3n) is 5.17. The summed E-state index contributed by atoms with van der Waals surface area (Å²) in [6, 6.07) is 9.98. The predicted molar refractivity (Wildman–Crippen MR) is 101 cm³/mol. The number of benzene rings is 1. The molecule has 0 bridgehead atoms. The molecule has 8 nitrogen and oxygen atoms in total. The Balaban J connectivity index is 1.43. The number of aryl methyl sites for hydroxylation is 2. The monoisotopic (exact) mass is 366 g/mol. The molecule has 1 aromatic carbocycles. The van der Waals surface area contributed by atoms with Crippen LogP contribution in [0.4, 0.5) is 0 Å². The van der Waals surface area contributed by atoms with Gasteiger partial charge < -0.3 is 15.6 Å². The highest BCUT2D eigenvalue weighted by Gasteiger charge is 2.33. The molecule has 1 aliphatic rings. The minimum Gasteiger partial charge on any atom is -0.340 e. The Morgan fingerprint density at radius 1 is 1.30 bits per heavy atom. The zero-order chi connectivity index (χ0) is 19.0. The maximum atomic E-state index is 12.6. The first-order valence-corrected chi connectivity index (χ1v) is 9.02. The second kappa shape index (κ2) is 6.96. The van der Waals surface area contributed by atoms with E-state index in [0.717, 1.165) is 5.56 Å². The number of aromatic amines is 1. The zero-order valence-corrected chi connectivity index (χ0v) is 15.1. The molecular weight excluding hydrogens is 344 g/mol. The van der Waals surface area contributed by atoms with E-state index in [9.17, 15) is 9.59 Å². The smallest absolute Gasteiger partial charge is 0.262 e. The average molecular weight is 366 g/mol. The lowest BCUT2D eigenvalue weighted by Gasteiger charge is -2.16. The molecule has 0 saturated carbocycles. The van der Waals surface area contributed by atoms with Gasteiger partial charge in [0.15, 0.2) is 5.65 Å². The highest BCUT2D eigenvalue weighted by Crippen LogP contribution is 2.26. The van der Waals surface area contributed by atoms with Crippen LogP contribution in [0.25, 0.3) is 11.0 Å². The van der Waals surface area contributed by atoms with Crippen molar-refractivity contribution in [1.29, 1.82) is 0 Å². The van der Waals surface area contributed by atoms with E-state index < -0.39 is 0 Å². The quantitative estimate of drug-likeness (QED) is 0.700. The Morgan fingerprint density at radius 3 is 2.85 bits per heavy atom. The van der Waals surface area contributed by atoms with Crippen molar-refractivity contribution in [2.75, 3.05) is 13.1 Å². The maximum absolute atomic E-state index is 12.6. The van der Waals surface area contributed by atoms with Gasteiger partial charge in [0.2, 0.25) is 5.91 Å². The number of nitrogens with one attached hydrogen (secondary N) is 1. The van der Waals surface area contributed by atoms with Gasteiger partial charge in [-0.2, -0.15) is 5.10 Å². The molecule has 3 heterocycles. The Morgan fingerprint density at radius 2 is 2.07 bits per heavy atom. The molecular formula is C19H22N6O2. The number of likely N-dealkylation sites (tertiary alicyclic amines) is 1. The summed E-state index contributed by atoms with van der Waals surface area (Å²) in [5, 5.41) is 4.49. The van der Waals surface area contributed by atoms with Crippen molar-refractivity contribution in [3.63, 3.8) is 0 Å². The molecule has 8 heteroatoms. The van der Waals surface area contributed by atoms with Gasteiger partial charge in [-0.15, -0.1) is 0 Å². The van der Waals surface area contributed by atoms with Crippen molar-refractivity contribution in [3.8, 4) is 0 Å². The van der Waals surface area contributed by atoms with Gasteiger partial charge >= 0.3 is 0 Å². The molecule has 1 fully saturated rings. The van der Waals surface area contributed by atoms with Crippen LogP contribution in [0, 0.1) is 0 Å². The summed E-state index contributed by atoms with van der Waals surface area (Å²) in [4.78, 5) is 33.7. The van der Waals surface area contributed by atoms with Gasteiger partial charge in [-0.1, -0.05) is 30.3 Å². The van der Waals surface area contributed by atoms with Crippen molar-refractivity contribution in [1.82, 2.24) is 24.6 Å². The minimum atomic E-state index is -0.233. The van der Waals surface area contributed by atoms with Crippen LogP contribution in [0.5, 0.6) is 0 Å². The van der Waals surface area contributed by atoms with E-state index in [1.807, 2.05) is 23.1 Å². The van der Waals surface area contributed by atoms with Crippen molar-refractivity contribution >= 4 is 16.9 Å². The fourth-order valence-corrected chi connectivity index (χ4v) is 3.67. The SMILES string of the molecule is Cn1ncc2c(=O)[nH]c(CCC(=O)N3C[C@@H](N)[C@H](c4ccccc4)C3)nc21. The van der Waals surface area contributed by atoms with Gasteiger partial charge in [0, 0.05) is 44.9 Å². The maximum Gasteiger partial charge on any atom is 0.262 e. The van der Waals surface area contributed by atoms with Gasteiger partial charge in [0.05, 0.1) is 6.20 Å². The number of carbonyl (C=O) groups excluding carboxylic acids is 1. The van der Waals surface area contributed by atoms with Crippen LogP contribution in [0.3, 0.4) is 0 Å². The van der Waals surface area contributed by atoms with E-state index in [2.05, 4.69) is 27.2 Å². The molecule has 27 heavy (non-hydrogen) atoms. The van der Waals surface area contributed by atoms with Crippen LogP contribution in [0.2, 0.25) is 0 Å². The Hall–Kier alpha value is -3.00. The first kappa shape index (κ1) is 17.4. The fourth-order valence-electron chi connectivity index (χ4n) is 3.67. The molecule has 2 atom stereocenters. The van der Waals surface area contributed by atoms with Gasteiger partial charge in [-0.3, -0.25) is 14.3 Å². The van der Waals surface area contributed by atoms with Crippen molar-refractivity contribution in [3.05, 3.63) is 58.3 Å². The average Bonchev–Trinajstić information content (AvgIpc) is 3.24. The second-order valence-electron chi connectivity index (χ2n) is 7.00. The van der Waals surface area contributed by atoms with Crippen LogP contribution >= 0.6 is 0 Å². The molecule has 1 aliphatic heterocycles. The number of nitrogens with zero attached hydrogens (tertiary/aromatic N) is 4. The van der Waals surface area contributed by atoms with Crippen molar-refractivity contribution in [2.24, 2.45) is 12.8 Å². The van der Waals surface area contributed by atoms with E-state index in [1.54, 1.807) is 11.7 Å². The minimum absolute atomic E-state index is 0.0247. The summed E-state index contributed by atoms with van der Waals surface area (Å²) >= 11 is 0. The van der Waals surface area contributed by atoms with Crippen molar-refractivity contribution in [2.45, 2.75) is 24.8 Å². The summed E-state index contributed by atoms with van der Waals surface area (Å²) in [6.45, 7) is 1.16. The van der Waals surface area contributed by atoms with Gasteiger partial charge in [0.25, 0.3) is 5.56 Å². The van der Waals surface area contributed by atoms with Crippen LogP contribution in [-0.2, 0) is 18.3 Å². The van der Waals surface area contributed by atoms with E-state index >= 15 is 0 Å². The van der Waals surface area contributed by atoms with E-state index in [0.29, 0.717) is 36.4 Å². The van der Waals surface area contributed by atoms with Crippen LogP contribution in [-0.4, -0.2) is 49.7 Å². The van der Waals surface area contributed by atoms with Crippen molar-refractivity contribution < 1.29 is 4.79 Å². The molecule has 0 unspecified atom stereocenters. The molecule has 0 aliphatic carbocycles. The van der Waals surface area contributed by atoms with Crippen LogP contribution < -0.4 is 11.3 Å². The fraction of sp³-hybridized carbons (Fsp3) is 0.368. The largest absolute Gasteiger partial charge is 0.340 e. The Bertz CT molecular complexity index is 1030. The third-order valence-corrected chi connectivity index (χ3v) is 5.17. The van der Waals surface area contributed by atoms with Gasteiger partial charge in [-0.25, -0.2) is 4.98 Å². The lowest BCUT2D eigenvalue weighted by atomic mass is 9.95. The van der Waals surface area contributed by atoms with E-state index in [4.69, 9.17) is 5.73 Å². The highest BCUT2D eigenvalue weighted by molar-refractivity contribution is 5.77. The molecule has 2 aromatic heterocycles. The number of aromatic nitrogens is 4. The number of nitrogens with two attached hydrogens (primary N) is 1. The molecule has 0 radical (unpaired) electrons. The summed E-state index contributed by atoms with van der Waals surface area (Å²) in [7, 11) is 1.74. The van der Waals surface area contributed by atoms with E-state index in [-0.39, 0.29) is 29.8 Å². The lowest BCUT2D eigenvalue weighted by molar-refractivity contribution is -0.130. The third kappa shape index (κ3) is 3.35. The zero-order valence-electron chi connectivity index (χ0n) is 15.1. The molecule has 1 amide bonds. The normalized spacial score (nSPS) is 19.7. The van der Waals surface area contributed by atoms with E-state index in [1.165, 1.54) is 6.20 Å². The molecule has 4 rings (SSSR count). The topological polar surface area (TPSA) is 110 Å².